The molecule has 1 aromatic carbocycles. The average molecular weight is 227 g/mol. The van der Waals surface area contributed by atoms with E-state index in [-0.39, 0.29) is 0 Å². The minimum atomic E-state index is 0.467. The van der Waals surface area contributed by atoms with Crippen molar-refractivity contribution < 1.29 is 4.74 Å². The average Bonchev–Trinajstić information content (AvgIpc) is 2.39. The Kier molecular flexibility index (Phi) is 3.43. The molecule has 0 aliphatic heterocycles. The molecule has 0 atom stereocenters. The minimum Gasteiger partial charge on any atom is -0.497 e. The van der Waals surface area contributed by atoms with Crippen molar-refractivity contribution in [3.63, 3.8) is 0 Å². The van der Waals surface area contributed by atoms with E-state index in [0.717, 1.165) is 22.6 Å². The van der Waals surface area contributed by atoms with Crippen molar-refractivity contribution in [1.82, 2.24) is 4.98 Å². The van der Waals surface area contributed by atoms with Crippen molar-refractivity contribution in [1.29, 1.82) is 0 Å². The first-order valence-corrected chi connectivity index (χ1v) is 5.81. The number of methoxy groups -OCH3 is 1. The molecule has 0 spiro atoms. The van der Waals surface area contributed by atoms with E-state index >= 15 is 0 Å². The molecular formula is C15H17NO. The van der Waals surface area contributed by atoms with Gasteiger partial charge in [-0.2, -0.15) is 0 Å². The first-order valence-electron chi connectivity index (χ1n) is 5.81. The second-order valence-corrected chi connectivity index (χ2v) is 4.36. The quantitative estimate of drug-likeness (QED) is 0.793. The van der Waals surface area contributed by atoms with E-state index in [1.807, 2.05) is 24.4 Å². The van der Waals surface area contributed by atoms with Crippen molar-refractivity contribution in [3.8, 4) is 16.9 Å². The summed E-state index contributed by atoms with van der Waals surface area (Å²) in [6, 6.07) is 12.2. The Labute approximate surface area is 102 Å². The maximum Gasteiger partial charge on any atom is 0.119 e. The predicted octanol–water partition coefficient (Wildman–Crippen LogP) is 3.88. The van der Waals surface area contributed by atoms with Crippen molar-refractivity contribution in [3.05, 3.63) is 48.3 Å². The van der Waals surface area contributed by atoms with Crippen LogP contribution < -0.4 is 4.74 Å². The molecule has 0 N–H and O–H groups in total. The summed E-state index contributed by atoms with van der Waals surface area (Å²) in [5.74, 6) is 1.34. The number of aromatic nitrogens is 1. The lowest BCUT2D eigenvalue weighted by molar-refractivity contribution is 0.415. The molecule has 0 radical (unpaired) electrons. The molecule has 0 aliphatic rings. The van der Waals surface area contributed by atoms with Crippen molar-refractivity contribution in [2.24, 2.45) is 0 Å². The highest BCUT2D eigenvalue weighted by atomic mass is 16.5. The highest BCUT2D eigenvalue weighted by Gasteiger charge is 2.03. The van der Waals surface area contributed by atoms with E-state index in [1.165, 1.54) is 0 Å². The molecule has 0 bridgehead atoms. The van der Waals surface area contributed by atoms with Crippen LogP contribution in [0, 0.1) is 0 Å². The van der Waals surface area contributed by atoms with E-state index in [2.05, 4.69) is 37.0 Å². The first-order chi connectivity index (χ1) is 8.20. The van der Waals surface area contributed by atoms with Gasteiger partial charge in [0.25, 0.3) is 0 Å². The number of ether oxygens (including phenoxy) is 1. The van der Waals surface area contributed by atoms with Crippen LogP contribution >= 0.6 is 0 Å². The maximum atomic E-state index is 5.22. The Morgan fingerprint density at radius 3 is 2.47 bits per heavy atom. The van der Waals surface area contributed by atoms with Gasteiger partial charge < -0.3 is 4.74 Å². The van der Waals surface area contributed by atoms with Crippen LogP contribution in [0.25, 0.3) is 11.1 Å². The van der Waals surface area contributed by atoms with Crippen LogP contribution in [-0.4, -0.2) is 12.1 Å². The standard InChI is InChI=1S/C15H17NO/c1-11(2)15-8-7-13(10-16-15)12-5-4-6-14(9-12)17-3/h4-11H,1-3H3. The molecule has 0 amide bonds. The molecular weight excluding hydrogens is 210 g/mol. The van der Waals surface area contributed by atoms with Gasteiger partial charge in [0.1, 0.15) is 5.75 Å². The normalized spacial score (nSPS) is 10.6. The molecule has 0 unspecified atom stereocenters. The lowest BCUT2D eigenvalue weighted by atomic mass is 10.0. The van der Waals surface area contributed by atoms with E-state index in [0.29, 0.717) is 5.92 Å². The SMILES string of the molecule is COc1cccc(-c2ccc(C(C)C)nc2)c1. The maximum absolute atomic E-state index is 5.22. The second kappa shape index (κ2) is 5.00. The van der Waals surface area contributed by atoms with Gasteiger partial charge in [0.15, 0.2) is 0 Å². The monoisotopic (exact) mass is 227 g/mol. The second-order valence-electron chi connectivity index (χ2n) is 4.36. The summed E-state index contributed by atoms with van der Waals surface area (Å²) in [4.78, 5) is 4.47. The molecule has 1 heterocycles. The molecule has 2 nitrogen and oxygen atoms in total. The molecule has 2 heteroatoms. The van der Waals surface area contributed by atoms with Gasteiger partial charge in [-0.25, -0.2) is 0 Å². The van der Waals surface area contributed by atoms with Gasteiger partial charge in [-0.15, -0.1) is 0 Å². The van der Waals surface area contributed by atoms with Gasteiger partial charge in [0.05, 0.1) is 7.11 Å². The summed E-state index contributed by atoms with van der Waals surface area (Å²) in [7, 11) is 1.68. The third-order valence-corrected chi connectivity index (χ3v) is 2.78. The molecule has 0 fully saturated rings. The summed E-state index contributed by atoms with van der Waals surface area (Å²) in [6.07, 6.45) is 1.92. The van der Waals surface area contributed by atoms with Gasteiger partial charge in [0.2, 0.25) is 0 Å². The highest BCUT2D eigenvalue weighted by Crippen LogP contribution is 2.24. The lowest BCUT2D eigenvalue weighted by Gasteiger charge is -2.07. The smallest absolute Gasteiger partial charge is 0.119 e. The molecule has 2 rings (SSSR count). The van der Waals surface area contributed by atoms with Crippen LogP contribution in [0.1, 0.15) is 25.5 Å². The molecule has 1 aromatic heterocycles. The third-order valence-electron chi connectivity index (χ3n) is 2.78. The van der Waals surface area contributed by atoms with Gasteiger partial charge in [0, 0.05) is 17.5 Å². The number of rotatable bonds is 3. The molecule has 0 saturated heterocycles. The third kappa shape index (κ3) is 2.64. The zero-order valence-corrected chi connectivity index (χ0v) is 10.5. The van der Waals surface area contributed by atoms with Crippen molar-refractivity contribution in [2.45, 2.75) is 19.8 Å². The molecule has 2 aromatic rings. The van der Waals surface area contributed by atoms with E-state index in [9.17, 15) is 0 Å². The summed E-state index contributed by atoms with van der Waals surface area (Å²) < 4.78 is 5.22. The number of hydrogen-bond donors (Lipinski definition) is 0. The summed E-state index contributed by atoms with van der Waals surface area (Å²) in [6.45, 7) is 4.29. The summed E-state index contributed by atoms with van der Waals surface area (Å²) >= 11 is 0. The Morgan fingerprint density at radius 1 is 1.06 bits per heavy atom. The fourth-order valence-electron chi connectivity index (χ4n) is 1.72. The van der Waals surface area contributed by atoms with Crippen LogP contribution in [0.15, 0.2) is 42.6 Å². The summed E-state index contributed by atoms with van der Waals surface area (Å²) in [5.41, 5.74) is 3.37. The molecule has 0 saturated carbocycles. The van der Waals surface area contributed by atoms with Gasteiger partial charge in [-0.3, -0.25) is 4.98 Å². The summed E-state index contributed by atoms with van der Waals surface area (Å²) in [5, 5.41) is 0. The van der Waals surface area contributed by atoms with Crippen LogP contribution in [0.4, 0.5) is 0 Å². The Balaban J connectivity index is 2.32. The topological polar surface area (TPSA) is 22.1 Å². The Morgan fingerprint density at radius 2 is 1.88 bits per heavy atom. The van der Waals surface area contributed by atoms with Crippen LogP contribution in [-0.2, 0) is 0 Å². The first kappa shape index (κ1) is 11.6. The van der Waals surface area contributed by atoms with Crippen LogP contribution in [0.5, 0.6) is 5.75 Å². The zero-order valence-electron chi connectivity index (χ0n) is 10.5. The van der Waals surface area contributed by atoms with Crippen molar-refractivity contribution in [2.75, 3.05) is 7.11 Å². The van der Waals surface area contributed by atoms with Gasteiger partial charge >= 0.3 is 0 Å². The van der Waals surface area contributed by atoms with Crippen molar-refractivity contribution >= 4 is 0 Å². The number of nitrogens with zero attached hydrogens (tertiary/aromatic N) is 1. The fourth-order valence-corrected chi connectivity index (χ4v) is 1.72. The van der Waals surface area contributed by atoms with E-state index in [4.69, 9.17) is 4.74 Å². The fraction of sp³-hybridized carbons (Fsp3) is 0.267. The number of hydrogen-bond acceptors (Lipinski definition) is 2. The van der Waals surface area contributed by atoms with E-state index in [1.54, 1.807) is 7.11 Å². The molecule has 88 valence electrons. The van der Waals surface area contributed by atoms with Gasteiger partial charge in [-0.05, 0) is 29.7 Å². The van der Waals surface area contributed by atoms with E-state index < -0.39 is 0 Å². The largest absolute Gasteiger partial charge is 0.497 e. The van der Waals surface area contributed by atoms with Gasteiger partial charge in [-0.1, -0.05) is 32.0 Å². The van der Waals surface area contributed by atoms with Crippen LogP contribution in [0.2, 0.25) is 0 Å². The Hall–Kier alpha value is -1.83. The minimum absolute atomic E-state index is 0.467. The zero-order chi connectivity index (χ0) is 12.3. The van der Waals surface area contributed by atoms with Crippen LogP contribution in [0.3, 0.4) is 0 Å². The molecule has 17 heavy (non-hydrogen) atoms. The molecule has 0 aliphatic carbocycles. The lowest BCUT2D eigenvalue weighted by Crippen LogP contribution is -1.92. The predicted molar refractivity (Wildman–Crippen MR) is 70.3 cm³/mol. The number of benzene rings is 1. The Bertz CT molecular complexity index is 489. The highest BCUT2D eigenvalue weighted by molar-refractivity contribution is 5.64. The number of pyridine rings is 1.